The molecule has 0 N–H and O–H groups in total. The zero-order valence-corrected chi connectivity index (χ0v) is 10.5. The minimum Gasteiger partial charge on any atom is -0.356 e. The second-order valence-corrected chi connectivity index (χ2v) is 4.17. The summed E-state index contributed by atoms with van der Waals surface area (Å²) < 4.78 is 36.2. The van der Waals surface area contributed by atoms with Crippen LogP contribution < -0.4 is 0 Å². The van der Waals surface area contributed by atoms with Crippen molar-refractivity contribution in [3.05, 3.63) is 0 Å². The number of hydrogen-bond acceptors (Lipinski definition) is 6. The summed E-state index contributed by atoms with van der Waals surface area (Å²) in [5.74, 6) is 0. The van der Waals surface area contributed by atoms with Crippen LogP contribution in [0.25, 0.3) is 0 Å². The van der Waals surface area contributed by atoms with Crippen molar-refractivity contribution in [2.75, 3.05) is 27.1 Å². The second-order valence-electron chi connectivity index (χ2n) is 2.50. The molecule has 0 heterocycles. The van der Waals surface area contributed by atoms with E-state index in [2.05, 4.69) is 0 Å². The van der Waals surface area contributed by atoms with E-state index in [1.165, 1.54) is 7.11 Å². The molecule has 1 unspecified atom stereocenters. The quantitative estimate of drug-likeness (QED) is 0.456. The van der Waals surface area contributed by atoms with E-state index in [1.807, 2.05) is 0 Å². The van der Waals surface area contributed by atoms with Crippen molar-refractivity contribution in [3.63, 3.8) is 0 Å². The van der Waals surface area contributed by atoms with Gasteiger partial charge in [0.15, 0.2) is 13.1 Å². The van der Waals surface area contributed by atoms with Gasteiger partial charge in [-0.2, -0.15) is 0 Å². The summed E-state index contributed by atoms with van der Waals surface area (Å²) >= 11 is 0. The molecule has 0 aliphatic carbocycles. The largest absolute Gasteiger partial charge is 0.476 e. The molecule has 0 amide bonds. The van der Waals surface area contributed by atoms with E-state index in [0.717, 1.165) is 0 Å². The Balaban J connectivity index is 3.90. The fourth-order valence-electron chi connectivity index (χ4n) is 0.687. The first-order valence-corrected chi connectivity index (χ1v) is 6.22. The molecule has 0 rings (SSSR count). The Morgan fingerprint density at radius 1 is 1.13 bits per heavy atom. The number of phosphoric ester groups is 1. The normalized spacial score (nSPS) is 14.1. The number of ether oxygens (including phenoxy) is 2. The SMILES string of the molecule is CCOP(=O)(OCC)OCOC(C)OC. The number of phosphoric acid groups is 1. The molecule has 0 fully saturated rings. The molecule has 0 saturated heterocycles. The van der Waals surface area contributed by atoms with Crippen LogP contribution in [0, 0.1) is 0 Å². The third-order valence-corrected chi connectivity index (χ3v) is 2.99. The van der Waals surface area contributed by atoms with Crippen molar-refractivity contribution in [1.29, 1.82) is 0 Å². The van der Waals surface area contributed by atoms with E-state index in [4.69, 9.17) is 23.0 Å². The van der Waals surface area contributed by atoms with Crippen molar-refractivity contribution in [2.24, 2.45) is 0 Å². The van der Waals surface area contributed by atoms with Crippen LogP contribution in [-0.2, 0) is 27.6 Å². The highest BCUT2D eigenvalue weighted by molar-refractivity contribution is 7.48. The summed E-state index contributed by atoms with van der Waals surface area (Å²) in [7, 11) is -1.97. The Hall–Kier alpha value is 0.0300. The molecule has 92 valence electrons. The van der Waals surface area contributed by atoms with E-state index in [1.54, 1.807) is 20.8 Å². The highest BCUT2D eigenvalue weighted by Crippen LogP contribution is 2.49. The van der Waals surface area contributed by atoms with Gasteiger partial charge >= 0.3 is 7.82 Å². The molecule has 0 aromatic rings. The summed E-state index contributed by atoms with van der Waals surface area (Å²) in [4.78, 5) is 0. The molecule has 0 aromatic heterocycles. The summed E-state index contributed by atoms with van der Waals surface area (Å²) in [6.07, 6.45) is -0.429. The molecule has 0 bridgehead atoms. The molecule has 1 atom stereocenters. The summed E-state index contributed by atoms with van der Waals surface area (Å²) in [5.41, 5.74) is 0. The minimum atomic E-state index is -3.47. The first-order chi connectivity index (χ1) is 7.08. The fourth-order valence-corrected chi connectivity index (χ4v) is 1.73. The van der Waals surface area contributed by atoms with E-state index in [9.17, 15) is 4.57 Å². The van der Waals surface area contributed by atoms with E-state index < -0.39 is 14.1 Å². The minimum absolute atomic E-state index is 0.202. The first kappa shape index (κ1) is 15.0. The van der Waals surface area contributed by atoms with Crippen molar-refractivity contribution < 1.29 is 27.6 Å². The predicted octanol–water partition coefficient (Wildman–Crippen LogP) is 2.15. The predicted molar refractivity (Wildman–Crippen MR) is 54.4 cm³/mol. The van der Waals surface area contributed by atoms with Gasteiger partial charge in [-0.3, -0.25) is 13.6 Å². The van der Waals surface area contributed by atoms with Crippen molar-refractivity contribution in [3.8, 4) is 0 Å². The number of rotatable bonds is 9. The van der Waals surface area contributed by atoms with Gasteiger partial charge in [0.25, 0.3) is 0 Å². The van der Waals surface area contributed by atoms with Gasteiger partial charge in [-0.25, -0.2) is 4.57 Å². The van der Waals surface area contributed by atoms with Crippen LogP contribution in [0.4, 0.5) is 0 Å². The van der Waals surface area contributed by atoms with Gasteiger partial charge in [-0.05, 0) is 20.8 Å². The third kappa shape index (κ3) is 7.00. The van der Waals surface area contributed by atoms with Gasteiger partial charge in [-0.15, -0.1) is 0 Å². The first-order valence-electron chi connectivity index (χ1n) is 4.76. The van der Waals surface area contributed by atoms with E-state index in [-0.39, 0.29) is 20.0 Å². The van der Waals surface area contributed by atoms with Crippen molar-refractivity contribution in [1.82, 2.24) is 0 Å². The number of methoxy groups -OCH3 is 1. The molecule has 0 aliphatic rings. The molecule has 0 saturated carbocycles. The Labute approximate surface area is 90.4 Å². The van der Waals surface area contributed by atoms with Gasteiger partial charge in [0.1, 0.15) is 0 Å². The lowest BCUT2D eigenvalue weighted by atomic mass is 10.8. The van der Waals surface area contributed by atoms with Crippen LogP contribution in [-0.4, -0.2) is 33.4 Å². The Kier molecular flexibility index (Phi) is 8.23. The molecule has 6 nitrogen and oxygen atoms in total. The second kappa shape index (κ2) is 8.21. The molecule has 7 heteroatoms. The van der Waals surface area contributed by atoms with Crippen LogP contribution >= 0.6 is 7.82 Å². The van der Waals surface area contributed by atoms with E-state index >= 15 is 0 Å². The highest BCUT2D eigenvalue weighted by atomic mass is 31.2. The molecule has 15 heavy (non-hydrogen) atoms. The lowest BCUT2D eigenvalue weighted by molar-refractivity contribution is -0.154. The Bertz CT molecular complexity index is 188. The maximum atomic E-state index is 11.7. The van der Waals surface area contributed by atoms with Crippen LogP contribution in [0.3, 0.4) is 0 Å². The molecule has 0 aromatic carbocycles. The average molecular weight is 242 g/mol. The molecule has 0 spiro atoms. The summed E-state index contributed by atoms with van der Waals surface area (Å²) in [6, 6.07) is 0. The van der Waals surface area contributed by atoms with Gasteiger partial charge in [0.05, 0.1) is 13.2 Å². The van der Waals surface area contributed by atoms with Crippen LogP contribution in [0.1, 0.15) is 20.8 Å². The van der Waals surface area contributed by atoms with Crippen molar-refractivity contribution in [2.45, 2.75) is 27.1 Å². The van der Waals surface area contributed by atoms with Gasteiger partial charge in [0, 0.05) is 7.11 Å². The lowest BCUT2D eigenvalue weighted by Crippen LogP contribution is -2.13. The molecular formula is C8H19O6P. The lowest BCUT2D eigenvalue weighted by Gasteiger charge is -2.17. The highest BCUT2D eigenvalue weighted by Gasteiger charge is 2.25. The zero-order valence-electron chi connectivity index (χ0n) is 9.60. The summed E-state index contributed by atoms with van der Waals surface area (Å²) in [5, 5.41) is 0. The van der Waals surface area contributed by atoms with Crippen molar-refractivity contribution >= 4 is 7.82 Å². The molecule has 0 radical (unpaired) electrons. The topological polar surface area (TPSA) is 63.2 Å². The van der Waals surface area contributed by atoms with Gasteiger partial charge in [-0.1, -0.05) is 0 Å². The van der Waals surface area contributed by atoms with Gasteiger partial charge in [0.2, 0.25) is 0 Å². The smallest absolute Gasteiger partial charge is 0.356 e. The monoisotopic (exact) mass is 242 g/mol. The Morgan fingerprint density at radius 3 is 2.07 bits per heavy atom. The maximum absolute atomic E-state index is 11.7. The van der Waals surface area contributed by atoms with E-state index in [0.29, 0.717) is 0 Å². The average Bonchev–Trinajstić information content (AvgIpc) is 2.18. The molecular weight excluding hydrogens is 223 g/mol. The Morgan fingerprint density at radius 2 is 1.67 bits per heavy atom. The zero-order chi connectivity index (χ0) is 11.7. The third-order valence-electron chi connectivity index (χ3n) is 1.42. The fraction of sp³-hybridized carbons (Fsp3) is 1.00. The van der Waals surface area contributed by atoms with Gasteiger partial charge < -0.3 is 9.47 Å². The van der Waals surface area contributed by atoms with Crippen LogP contribution in [0.2, 0.25) is 0 Å². The standard InChI is InChI=1S/C8H19O6P/c1-5-12-15(9,13-6-2)14-7-11-8(3)10-4/h8H,5-7H2,1-4H3. The molecule has 0 aliphatic heterocycles. The van der Waals surface area contributed by atoms with Crippen LogP contribution in [0.15, 0.2) is 0 Å². The van der Waals surface area contributed by atoms with Crippen LogP contribution in [0.5, 0.6) is 0 Å². The summed E-state index contributed by atoms with van der Waals surface area (Å²) in [6.45, 7) is 5.39. The number of hydrogen-bond donors (Lipinski definition) is 0. The maximum Gasteiger partial charge on any atom is 0.476 e.